The molecule has 2 aromatic carbocycles. The molecule has 0 saturated heterocycles. The van der Waals surface area contributed by atoms with E-state index in [0.717, 1.165) is 41.6 Å². The number of anilines is 1. The van der Waals surface area contributed by atoms with Crippen molar-refractivity contribution in [2.24, 2.45) is 18.9 Å². The fourth-order valence-corrected chi connectivity index (χ4v) is 5.78. The molecule has 2 fully saturated rings. The van der Waals surface area contributed by atoms with Gasteiger partial charge in [0, 0.05) is 41.9 Å². The molecule has 3 aromatic rings. The molecule has 0 radical (unpaired) electrons. The quantitative estimate of drug-likeness (QED) is 0.570. The summed E-state index contributed by atoms with van der Waals surface area (Å²) in [5.41, 5.74) is 3.27. The maximum atomic E-state index is 15.1. The fraction of sp³-hybridized carbons (Fsp3) is 0.370. The third-order valence-electron chi connectivity index (χ3n) is 7.68. The molecule has 1 amide bonds. The Morgan fingerprint density at radius 3 is 2.67 bits per heavy atom. The number of hydrogen-bond donors (Lipinski definition) is 0. The summed E-state index contributed by atoms with van der Waals surface area (Å²) >= 11 is 0. The van der Waals surface area contributed by atoms with Gasteiger partial charge in [0.1, 0.15) is 11.6 Å². The minimum absolute atomic E-state index is 0.00512. The highest BCUT2D eigenvalue weighted by Gasteiger charge is 2.56. The number of amides is 1. The van der Waals surface area contributed by atoms with Crippen LogP contribution in [0.1, 0.15) is 43.2 Å². The standard InChI is InChI=1S/C27H26FN3O2/c1-30-15-21(14-29-30)18-8-9-20(23(28)12-18)16-31-24-5-3-2-4-22(24)27(26(31)33)11-10-19(13-27)25(32)17-6-7-17/h2-5,8-9,12,14-15,17,19H,6-7,10-11,13,16H2,1H3. The summed E-state index contributed by atoms with van der Waals surface area (Å²) in [4.78, 5) is 28.3. The van der Waals surface area contributed by atoms with Crippen LogP contribution in [0.15, 0.2) is 54.9 Å². The number of carbonyl (C=O) groups is 2. The first-order chi connectivity index (χ1) is 16.0. The molecule has 2 saturated carbocycles. The highest BCUT2D eigenvalue weighted by Crippen LogP contribution is 2.54. The lowest BCUT2D eigenvalue weighted by Gasteiger charge is -2.24. The molecular formula is C27H26FN3O2. The smallest absolute Gasteiger partial charge is 0.238 e. The molecule has 1 spiro atoms. The van der Waals surface area contributed by atoms with Gasteiger partial charge in [0.2, 0.25) is 5.91 Å². The van der Waals surface area contributed by atoms with E-state index in [0.29, 0.717) is 24.2 Å². The molecule has 2 heterocycles. The second-order valence-electron chi connectivity index (χ2n) is 9.82. The Morgan fingerprint density at radius 1 is 1.12 bits per heavy atom. The van der Waals surface area contributed by atoms with Gasteiger partial charge in [-0.1, -0.05) is 30.3 Å². The van der Waals surface area contributed by atoms with Crippen LogP contribution < -0.4 is 4.90 Å². The number of rotatable bonds is 5. The highest BCUT2D eigenvalue weighted by atomic mass is 19.1. The average molecular weight is 444 g/mol. The zero-order valence-electron chi connectivity index (χ0n) is 18.6. The molecule has 2 aliphatic carbocycles. The van der Waals surface area contributed by atoms with Gasteiger partial charge in [0.15, 0.2) is 0 Å². The Kier molecular flexibility index (Phi) is 4.54. The number of fused-ring (bicyclic) bond motifs is 2. The van der Waals surface area contributed by atoms with Crippen molar-refractivity contribution in [3.63, 3.8) is 0 Å². The number of aryl methyl sites for hydroxylation is 1. The first-order valence-electron chi connectivity index (χ1n) is 11.7. The van der Waals surface area contributed by atoms with Crippen molar-refractivity contribution in [1.82, 2.24) is 9.78 Å². The van der Waals surface area contributed by atoms with Crippen molar-refractivity contribution in [1.29, 1.82) is 0 Å². The molecule has 1 aliphatic heterocycles. The Morgan fingerprint density at radius 2 is 1.94 bits per heavy atom. The van der Waals surface area contributed by atoms with Crippen molar-refractivity contribution in [3.05, 3.63) is 71.8 Å². The van der Waals surface area contributed by atoms with Crippen LogP contribution in [0.4, 0.5) is 10.1 Å². The second kappa shape index (κ2) is 7.37. The zero-order valence-corrected chi connectivity index (χ0v) is 18.6. The number of hydrogen-bond acceptors (Lipinski definition) is 3. The Hall–Kier alpha value is -3.28. The Bertz CT molecular complexity index is 1280. The van der Waals surface area contributed by atoms with Crippen LogP contribution in [0.5, 0.6) is 0 Å². The highest BCUT2D eigenvalue weighted by molar-refractivity contribution is 6.08. The van der Waals surface area contributed by atoms with Crippen LogP contribution in [0.2, 0.25) is 0 Å². The van der Waals surface area contributed by atoms with Crippen LogP contribution in [-0.2, 0) is 28.6 Å². The minimum atomic E-state index is -0.655. The topological polar surface area (TPSA) is 55.2 Å². The summed E-state index contributed by atoms with van der Waals surface area (Å²) in [6.45, 7) is 0.179. The molecule has 6 heteroatoms. The van der Waals surface area contributed by atoms with Crippen LogP contribution in [0.25, 0.3) is 11.1 Å². The lowest BCUT2D eigenvalue weighted by Crippen LogP contribution is -2.39. The molecule has 0 N–H and O–H groups in total. The van der Waals surface area contributed by atoms with Gasteiger partial charge in [-0.15, -0.1) is 0 Å². The van der Waals surface area contributed by atoms with Gasteiger partial charge < -0.3 is 4.90 Å². The van der Waals surface area contributed by atoms with Crippen LogP contribution in [0.3, 0.4) is 0 Å². The summed E-state index contributed by atoms with van der Waals surface area (Å²) in [6.07, 6.45) is 7.57. The predicted octanol–water partition coefficient (Wildman–Crippen LogP) is 4.79. The number of halogens is 1. The molecule has 2 unspecified atom stereocenters. The second-order valence-corrected chi connectivity index (χ2v) is 9.82. The number of ketones is 1. The largest absolute Gasteiger partial charge is 0.307 e. The van der Waals surface area contributed by atoms with E-state index in [9.17, 15) is 9.59 Å². The normalized spacial score (nSPS) is 24.0. The number of Topliss-reactive ketones (excluding diaryl/α,β-unsaturated/α-hetero) is 1. The Balaban J connectivity index is 1.30. The Labute approximate surface area is 192 Å². The lowest BCUT2D eigenvalue weighted by molar-refractivity contribution is -0.125. The summed E-state index contributed by atoms with van der Waals surface area (Å²) in [5.74, 6) is 0.180. The van der Waals surface area contributed by atoms with Gasteiger partial charge >= 0.3 is 0 Å². The van der Waals surface area contributed by atoms with E-state index in [2.05, 4.69) is 5.10 Å². The molecule has 3 aliphatic rings. The predicted molar refractivity (Wildman–Crippen MR) is 123 cm³/mol. The zero-order chi connectivity index (χ0) is 22.7. The van der Waals surface area contributed by atoms with E-state index in [1.165, 1.54) is 6.07 Å². The summed E-state index contributed by atoms with van der Waals surface area (Å²) in [7, 11) is 1.83. The van der Waals surface area contributed by atoms with E-state index in [-0.39, 0.29) is 30.1 Å². The maximum Gasteiger partial charge on any atom is 0.238 e. The van der Waals surface area contributed by atoms with Crippen LogP contribution >= 0.6 is 0 Å². The van der Waals surface area contributed by atoms with Crippen molar-refractivity contribution in [2.45, 2.75) is 44.1 Å². The molecule has 0 bridgehead atoms. The van der Waals surface area contributed by atoms with Crippen LogP contribution in [0, 0.1) is 17.7 Å². The van der Waals surface area contributed by atoms with E-state index >= 15 is 4.39 Å². The van der Waals surface area contributed by atoms with E-state index in [4.69, 9.17) is 0 Å². The van der Waals surface area contributed by atoms with Gasteiger partial charge in [-0.2, -0.15) is 5.10 Å². The fourth-order valence-electron chi connectivity index (χ4n) is 5.78. The van der Waals surface area contributed by atoms with E-state index in [1.807, 2.05) is 43.6 Å². The van der Waals surface area contributed by atoms with Gasteiger partial charge in [-0.25, -0.2) is 4.39 Å². The van der Waals surface area contributed by atoms with Crippen molar-refractivity contribution in [3.8, 4) is 11.1 Å². The van der Waals surface area contributed by atoms with Gasteiger partial charge in [0.05, 0.1) is 18.2 Å². The number of nitrogens with zero attached hydrogens (tertiary/aromatic N) is 3. The molecular weight excluding hydrogens is 417 g/mol. The first kappa shape index (κ1) is 20.3. The van der Waals surface area contributed by atoms with Crippen LogP contribution in [-0.4, -0.2) is 21.5 Å². The first-order valence-corrected chi connectivity index (χ1v) is 11.7. The lowest BCUT2D eigenvalue weighted by atomic mass is 9.79. The molecule has 33 heavy (non-hydrogen) atoms. The molecule has 168 valence electrons. The maximum absolute atomic E-state index is 15.1. The third kappa shape index (κ3) is 3.23. The third-order valence-corrected chi connectivity index (χ3v) is 7.68. The summed E-state index contributed by atoms with van der Waals surface area (Å²) in [5, 5.41) is 4.15. The van der Waals surface area contributed by atoms with Gasteiger partial charge in [-0.3, -0.25) is 14.3 Å². The monoisotopic (exact) mass is 443 g/mol. The molecule has 1 aromatic heterocycles. The number of benzene rings is 2. The van der Waals surface area contributed by atoms with Crippen molar-refractivity contribution < 1.29 is 14.0 Å². The molecule has 2 atom stereocenters. The average Bonchev–Trinajstić information content (AvgIpc) is 3.35. The minimum Gasteiger partial charge on any atom is -0.307 e. The van der Waals surface area contributed by atoms with E-state index in [1.54, 1.807) is 21.8 Å². The van der Waals surface area contributed by atoms with Gasteiger partial charge in [0.25, 0.3) is 0 Å². The summed E-state index contributed by atoms with van der Waals surface area (Å²) in [6, 6.07) is 13.0. The summed E-state index contributed by atoms with van der Waals surface area (Å²) < 4.78 is 16.8. The van der Waals surface area contributed by atoms with E-state index < -0.39 is 5.41 Å². The SMILES string of the molecule is Cn1cc(-c2ccc(CN3C(=O)C4(CCC(C(=O)C5CC5)C4)c4ccccc43)c(F)c2)cn1. The molecule has 5 nitrogen and oxygen atoms in total. The number of aromatic nitrogens is 2. The van der Waals surface area contributed by atoms with Crippen molar-refractivity contribution >= 4 is 17.4 Å². The van der Waals surface area contributed by atoms with Gasteiger partial charge in [-0.05, 0) is 55.4 Å². The number of carbonyl (C=O) groups excluding carboxylic acids is 2. The van der Waals surface area contributed by atoms with Crippen molar-refractivity contribution in [2.75, 3.05) is 4.90 Å². The number of para-hydroxylation sites is 1. The molecule has 6 rings (SSSR count).